The largest absolute Gasteiger partial charge is 0 e. The van der Waals surface area contributed by atoms with Crippen LogP contribution in [-0.4, -0.2) is 35.5 Å². The van der Waals surface area contributed by atoms with Gasteiger partial charge >= 0.3 is 169 Å². The molecule has 4 nitrogen and oxygen atoms in total. The fourth-order valence-electron chi connectivity index (χ4n) is 3.16. The van der Waals surface area contributed by atoms with Gasteiger partial charge in [0.2, 0.25) is 0 Å². The maximum atomic E-state index is 11.9. The van der Waals surface area contributed by atoms with Gasteiger partial charge in [0.1, 0.15) is 0 Å². The molecule has 0 aromatic heterocycles. The predicted molar refractivity (Wildman–Crippen MR) is 112 cm³/mol. The third-order valence-electron chi connectivity index (χ3n) is 4.46. The van der Waals surface area contributed by atoms with Crippen molar-refractivity contribution in [3.05, 3.63) is 87.6 Å². The second-order valence-electron chi connectivity index (χ2n) is 5.90. The van der Waals surface area contributed by atoms with E-state index < -0.39 is 11.7 Å². The van der Waals surface area contributed by atoms with Crippen molar-refractivity contribution < 1.29 is 36.2 Å². The Kier molecular flexibility index (Phi) is 7.74. The minimum Gasteiger partial charge on any atom is 0 e. The van der Waals surface area contributed by atoms with Crippen LogP contribution in [-0.2, 0) is 36.2 Å². The fourth-order valence-corrected chi connectivity index (χ4v) is 14.1. The summed E-state index contributed by atoms with van der Waals surface area (Å²) in [5, 5.41) is -0.867. The zero-order valence-electron chi connectivity index (χ0n) is 14.7. The van der Waals surface area contributed by atoms with Crippen LogP contribution in [0.5, 0.6) is 0 Å². The first-order valence-corrected chi connectivity index (χ1v) is 16.2. The van der Waals surface area contributed by atoms with Gasteiger partial charge in [-0.2, -0.15) is 0 Å². The Balaban J connectivity index is 0.00000300. The molecule has 0 unspecified atom stereocenters. The normalized spacial score (nSPS) is 10.5. The zero-order valence-corrected chi connectivity index (χ0v) is 19.6. The first-order chi connectivity index (χ1) is 13.6. The molecule has 0 bridgehead atoms. The minimum atomic E-state index is -3.68. The Bertz CT molecular complexity index is 1350. The van der Waals surface area contributed by atoms with Crippen LogP contribution in [0.3, 0.4) is 0 Å². The van der Waals surface area contributed by atoms with Gasteiger partial charge in [-0.15, -0.1) is 0 Å². The molecule has 0 aliphatic rings. The molecule has 3 aromatic rings. The summed E-state index contributed by atoms with van der Waals surface area (Å²) in [4.78, 5) is 46.2. The van der Waals surface area contributed by atoms with E-state index in [1.165, 1.54) is 6.07 Å². The molecular weight excluding hydrogens is 538 g/mol. The summed E-state index contributed by atoms with van der Waals surface area (Å²) in [6, 6.07) is 20.3. The smallest absolute Gasteiger partial charge is 0 e. The molecular formula is C22H12AsBrMnO4. The maximum absolute atomic E-state index is 11.9. The van der Waals surface area contributed by atoms with Crippen molar-refractivity contribution in [2.24, 2.45) is 0 Å². The molecule has 143 valence electrons. The van der Waals surface area contributed by atoms with Gasteiger partial charge in [0.15, 0.2) is 0 Å². The fraction of sp³-hybridized carbons (Fsp3) is 0. The van der Waals surface area contributed by atoms with Gasteiger partial charge in [0.25, 0.3) is 0 Å². The monoisotopic (exact) mass is 549 g/mol. The predicted octanol–water partition coefficient (Wildman–Crippen LogP) is -3.21. The van der Waals surface area contributed by atoms with Crippen molar-refractivity contribution in [1.29, 1.82) is 0 Å². The summed E-state index contributed by atoms with van der Waals surface area (Å²) in [7, 11) is 0. The molecule has 0 amide bonds. The molecule has 0 spiro atoms. The third kappa shape index (κ3) is 3.99. The first kappa shape index (κ1) is 22.8. The molecule has 7 heteroatoms. The Labute approximate surface area is 185 Å². The van der Waals surface area contributed by atoms with E-state index in [1.54, 1.807) is 23.8 Å². The quantitative estimate of drug-likeness (QED) is 0.323. The van der Waals surface area contributed by atoms with Crippen molar-refractivity contribution in [1.82, 2.24) is 0 Å². The molecule has 1 radical (unpaired) electrons. The molecule has 0 fully saturated rings. The number of halogens is 1. The molecule has 3 rings (SSSR count). The van der Waals surface area contributed by atoms with Crippen LogP contribution in [0.15, 0.2) is 66.7 Å². The average Bonchev–Trinajstić information content (AvgIpc) is 2.77. The molecule has 0 atom stereocenters. The van der Waals surface area contributed by atoms with Gasteiger partial charge < -0.3 is 0 Å². The number of hydrogen-bond acceptors (Lipinski definition) is 4. The van der Waals surface area contributed by atoms with Gasteiger partial charge in [-0.1, -0.05) is 0 Å². The zero-order chi connectivity index (χ0) is 20.1. The van der Waals surface area contributed by atoms with Crippen molar-refractivity contribution in [3.63, 3.8) is 0 Å². The van der Waals surface area contributed by atoms with Crippen molar-refractivity contribution >= 4 is 62.4 Å². The first-order valence-electron chi connectivity index (χ1n) is 8.15. The Morgan fingerprint density at radius 3 is 1.45 bits per heavy atom. The van der Waals surface area contributed by atoms with E-state index in [2.05, 4.69) is 13.9 Å². The van der Waals surface area contributed by atoms with Crippen LogP contribution >= 0.6 is 13.9 Å². The molecule has 0 aliphatic carbocycles. The summed E-state index contributed by atoms with van der Waals surface area (Å²) in [5.41, 5.74) is 0. The molecule has 0 saturated carbocycles. The third-order valence-corrected chi connectivity index (χ3v) is 18.6. The van der Waals surface area contributed by atoms with Crippen molar-refractivity contribution in [2.75, 3.05) is 0 Å². The SMILES string of the molecule is O=C=c1cc([AsH](Br)(c2ccccc2)c2ccccc2)c(=C=O)c(=C=O)c1=C=O.[Mn]. The summed E-state index contributed by atoms with van der Waals surface area (Å²) >= 11 is 0.243. The summed E-state index contributed by atoms with van der Waals surface area (Å²) in [5.74, 6) is 6.62. The summed E-state index contributed by atoms with van der Waals surface area (Å²) in [6.45, 7) is 0. The van der Waals surface area contributed by atoms with E-state index in [0.717, 1.165) is 8.70 Å². The van der Waals surface area contributed by atoms with Crippen LogP contribution < -0.4 is 33.9 Å². The molecule has 29 heavy (non-hydrogen) atoms. The Morgan fingerprint density at radius 2 is 1.07 bits per heavy atom. The number of benzene rings is 3. The van der Waals surface area contributed by atoms with Crippen LogP contribution in [0.25, 0.3) is 0 Å². The second kappa shape index (κ2) is 9.84. The van der Waals surface area contributed by atoms with Gasteiger partial charge in [0, 0.05) is 17.1 Å². The molecule has 0 N–H and O–H groups in total. The van der Waals surface area contributed by atoms with Crippen LogP contribution in [0.2, 0.25) is 0 Å². The maximum Gasteiger partial charge on any atom is 0 e. The standard InChI is InChI=1S/C22H12AsBrO4.Mn/c24-23(17-7-3-1-4-8-17,18-9-5-2-6-10-18)22-11-16(12-25)19(13-26)20(14-27)21(22)15-28;/h1-11,23H;. The van der Waals surface area contributed by atoms with Crippen LogP contribution in [0.1, 0.15) is 0 Å². The van der Waals surface area contributed by atoms with Crippen LogP contribution in [0.4, 0.5) is 0 Å². The van der Waals surface area contributed by atoms with Gasteiger partial charge in [-0.05, 0) is 0 Å². The van der Waals surface area contributed by atoms with E-state index in [9.17, 15) is 19.2 Å². The number of hydrogen-bond donors (Lipinski definition) is 0. The summed E-state index contributed by atoms with van der Waals surface area (Å²) in [6.07, 6.45) is 0. The Hall–Kier alpha value is -2.46. The summed E-state index contributed by atoms with van der Waals surface area (Å²) < 4.78 is 2.33. The molecule has 0 heterocycles. The topological polar surface area (TPSA) is 68.3 Å². The van der Waals surface area contributed by atoms with Gasteiger partial charge in [-0.3, -0.25) is 0 Å². The van der Waals surface area contributed by atoms with Crippen molar-refractivity contribution in [3.8, 4) is 0 Å². The Morgan fingerprint density at radius 1 is 0.621 bits per heavy atom. The van der Waals surface area contributed by atoms with E-state index in [-0.39, 0.29) is 37.9 Å². The van der Waals surface area contributed by atoms with Crippen molar-refractivity contribution in [2.45, 2.75) is 0 Å². The molecule has 3 aromatic carbocycles. The van der Waals surface area contributed by atoms with E-state index in [1.807, 2.05) is 60.7 Å². The molecule has 0 aliphatic heterocycles. The van der Waals surface area contributed by atoms with E-state index in [0.29, 0.717) is 4.35 Å². The number of carbonyl (C=O) groups excluding carboxylic acids is 4. The van der Waals surface area contributed by atoms with E-state index >= 15 is 0 Å². The van der Waals surface area contributed by atoms with E-state index in [4.69, 9.17) is 0 Å². The van der Waals surface area contributed by atoms with Gasteiger partial charge in [0.05, 0.1) is 0 Å². The number of rotatable bonds is 3. The van der Waals surface area contributed by atoms with Gasteiger partial charge in [-0.25, -0.2) is 0 Å². The minimum absolute atomic E-state index is 0. The molecule has 0 saturated heterocycles. The van der Waals surface area contributed by atoms with Crippen LogP contribution in [0, 0.1) is 0 Å². The average molecular weight is 550 g/mol. The second-order valence-corrected chi connectivity index (χ2v) is 18.4.